The Bertz CT molecular complexity index is 3580. The van der Waals surface area contributed by atoms with Crippen LogP contribution in [0.15, 0.2) is 243 Å². The maximum absolute atomic E-state index is 2.46. The summed E-state index contributed by atoms with van der Waals surface area (Å²) in [5, 5.41) is 12.7. The fraction of sp³-hybridized carbons (Fsp3) is 0. The van der Waals surface area contributed by atoms with Crippen molar-refractivity contribution in [2.45, 2.75) is 0 Å². The largest absolute Gasteiger partial charge is 0.135 e. The SMILES string of the molecule is c1ccc(-c2ccc(-c3c4ccccc4c(-c4ccc5sc6ccc(-c7c8ccccc8c(-c8ccc(-c9ccccc9)cc8)c8ccccc78)cc6c5c4)c4ccccc34)cc2)cc1. The maximum atomic E-state index is 2.46. The molecule has 13 aromatic rings. The molecule has 12 aromatic carbocycles. The standard InChI is InChI=1S/C64H40S/c1-3-15-41(16-4-1)43-27-31-45(32-28-43)61-49-19-7-11-23-53(49)63(54-24-12-8-20-50(54)61)47-35-37-59-57(39-47)58-40-48(36-38-60(58)65-59)64-55-25-13-9-21-51(55)62(52-22-10-14-26-56(52)64)46-33-29-44(30-34-46)42-17-5-2-6-18-42/h1-40H. The third-order valence-electron chi connectivity index (χ3n) is 13.5. The summed E-state index contributed by atoms with van der Waals surface area (Å²) in [6.45, 7) is 0. The van der Waals surface area contributed by atoms with Gasteiger partial charge < -0.3 is 0 Å². The van der Waals surface area contributed by atoms with Crippen molar-refractivity contribution < 1.29 is 0 Å². The van der Waals surface area contributed by atoms with Crippen LogP contribution in [0.4, 0.5) is 0 Å². The van der Waals surface area contributed by atoms with Crippen molar-refractivity contribution >= 4 is 74.6 Å². The number of thiophene rings is 1. The minimum atomic E-state index is 1.22. The van der Waals surface area contributed by atoms with E-state index in [1.807, 2.05) is 11.3 Å². The van der Waals surface area contributed by atoms with Gasteiger partial charge in [-0.2, -0.15) is 0 Å². The van der Waals surface area contributed by atoms with E-state index in [4.69, 9.17) is 0 Å². The van der Waals surface area contributed by atoms with Crippen molar-refractivity contribution in [1.82, 2.24) is 0 Å². The van der Waals surface area contributed by atoms with Gasteiger partial charge in [0.25, 0.3) is 0 Å². The van der Waals surface area contributed by atoms with Crippen LogP contribution in [0.1, 0.15) is 0 Å². The molecule has 0 N–H and O–H groups in total. The predicted molar refractivity (Wildman–Crippen MR) is 282 cm³/mol. The van der Waals surface area contributed by atoms with Gasteiger partial charge in [0, 0.05) is 20.2 Å². The number of rotatable bonds is 6. The Balaban J connectivity index is 0.974. The molecule has 0 saturated heterocycles. The lowest BCUT2D eigenvalue weighted by atomic mass is 9.85. The zero-order valence-electron chi connectivity index (χ0n) is 35.5. The first-order valence-electron chi connectivity index (χ1n) is 22.4. The Morgan fingerprint density at radius 2 is 0.400 bits per heavy atom. The highest BCUT2D eigenvalue weighted by Gasteiger charge is 2.20. The highest BCUT2D eigenvalue weighted by atomic mass is 32.1. The lowest BCUT2D eigenvalue weighted by molar-refractivity contribution is 1.61. The fourth-order valence-electron chi connectivity index (χ4n) is 10.5. The Labute approximate surface area is 382 Å². The molecule has 0 aliphatic rings. The van der Waals surface area contributed by atoms with Crippen LogP contribution in [0.5, 0.6) is 0 Å². The second kappa shape index (κ2) is 15.3. The molecule has 0 fully saturated rings. The average Bonchev–Trinajstić information content (AvgIpc) is 3.75. The van der Waals surface area contributed by atoms with E-state index in [2.05, 4.69) is 243 Å². The minimum absolute atomic E-state index is 1.22. The van der Waals surface area contributed by atoms with Crippen LogP contribution in [0.25, 0.3) is 130 Å². The van der Waals surface area contributed by atoms with E-state index < -0.39 is 0 Å². The molecule has 13 rings (SSSR count). The normalized spacial score (nSPS) is 11.7. The van der Waals surface area contributed by atoms with Gasteiger partial charge in [-0.1, -0.05) is 218 Å². The summed E-state index contributed by atoms with van der Waals surface area (Å²) in [6, 6.07) is 89.7. The van der Waals surface area contributed by atoms with Crippen LogP contribution in [-0.4, -0.2) is 0 Å². The van der Waals surface area contributed by atoms with E-state index in [1.54, 1.807) is 0 Å². The molecule has 0 unspecified atom stereocenters. The second-order valence-electron chi connectivity index (χ2n) is 17.1. The van der Waals surface area contributed by atoms with Gasteiger partial charge in [-0.25, -0.2) is 0 Å². The third kappa shape index (κ3) is 6.20. The molecule has 302 valence electrons. The molecule has 1 heteroatoms. The highest BCUT2D eigenvalue weighted by Crippen LogP contribution is 2.48. The minimum Gasteiger partial charge on any atom is -0.135 e. The van der Waals surface area contributed by atoms with Gasteiger partial charge in [0.1, 0.15) is 0 Å². The van der Waals surface area contributed by atoms with E-state index in [-0.39, 0.29) is 0 Å². The van der Waals surface area contributed by atoms with Crippen LogP contribution in [0.2, 0.25) is 0 Å². The van der Waals surface area contributed by atoms with Crippen LogP contribution in [0, 0.1) is 0 Å². The van der Waals surface area contributed by atoms with Crippen molar-refractivity contribution in [1.29, 1.82) is 0 Å². The summed E-state index contributed by atoms with van der Waals surface area (Å²) in [4.78, 5) is 0. The number of fused-ring (bicyclic) bond motifs is 7. The zero-order chi connectivity index (χ0) is 42.8. The Morgan fingerprint density at radius 3 is 0.708 bits per heavy atom. The fourth-order valence-corrected chi connectivity index (χ4v) is 11.6. The monoisotopic (exact) mass is 840 g/mol. The molecule has 0 aliphatic heterocycles. The van der Waals surface area contributed by atoms with Crippen molar-refractivity contribution in [3.63, 3.8) is 0 Å². The molecular formula is C64H40S. The Hall–Kier alpha value is -8.10. The van der Waals surface area contributed by atoms with Crippen molar-refractivity contribution in [3.8, 4) is 66.8 Å². The Kier molecular flexibility index (Phi) is 8.82. The molecule has 0 radical (unpaired) electrons. The second-order valence-corrected chi connectivity index (χ2v) is 18.2. The third-order valence-corrected chi connectivity index (χ3v) is 14.6. The van der Waals surface area contributed by atoms with Crippen LogP contribution in [-0.2, 0) is 0 Å². The summed E-state index contributed by atoms with van der Waals surface area (Å²) in [5.41, 5.74) is 15.0. The lowest BCUT2D eigenvalue weighted by Gasteiger charge is -2.18. The molecular weight excluding hydrogens is 801 g/mol. The van der Waals surface area contributed by atoms with Gasteiger partial charge in [-0.05, 0) is 134 Å². The molecule has 65 heavy (non-hydrogen) atoms. The van der Waals surface area contributed by atoms with Crippen LogP contribution in [0.3, 0.4) is 0 Å². The van der Waals surface area contributed by atoms with Crippen LogP contribution >= 0.6 is 11.3 Å². The first-order chi connectivity index (χ1) is 32.2. The summed E-state index contributed by atoms with van der Waals surface area (Å²) in [5.74, 6) is 0. The molecule has 0 nitrogen and oxygen atoms in total. The van der Waals surface area contributed by atoms with Gasteiger partial charge in [0.2, 0.25) is 0 Å². The first kappa shape index (κ1) is 37.5. The lowest BCUT2D eigenvalue weighted by Crippen LogP contribution is -1.91. The van der Waals surface area contributed by atoms with Gasteiger partial charge in [0.15, 0.2) is 0 Å². The van der Waals surface area contributed by atoms with E-state index in [9.17, 15) is 0 Å². The molecule has 0 amide bonds. The number of benzene rings is 12. The molecule has 1 aromatic heterocycles. The molecule has 0 atom stereocenters. The van der Waals surface area contributed by atoms with Gasteiger partial charge in [-0.3, -0.25) is 0 Å². The number of hydrogen-bond donors (Lipinski definition) is 0. The van der Waals surface area contributed by atoms with Crippen molar-refractivity contribution in [2.75, 3.05) is 0 Å². The zero-order valence-corrected chi connectivity index (χ0v) is 36.3. The van der Waals surface area contributed by atoms with E-state index in [0.29, 0.717) is 0 Å². The number of hydrogen-bond acceptors (Lipinski definition) is 1. The van der Waals surface area contributed by atoms with Crippen molar-refractivity contribution in [3.05, 3.63) is 243 Å². The van der Waals surface area contributed by atoms with Gasteiger partial charge in [-0.15, -0.1) is 11.3 Å². The van der Waals surface area contributed by atoms with Gasteiger partial charge in [0.05, 0.1) is 0 Å². The van der Waals surface area contributed by atoms with Crippen LogP contribution < -0.4 is 0 Å². The van der Waals surface area contributed by atoms with Gasteiger partial charge >= 0.3 is 0 Å². The summed E-state index contributed by atoms with van der Waals surface area (Å²) in [7, 11) is 0. The highest BCUT2D eigenvalue weighted by molar-refractivity contribution is 7.25. The Morgan fingerprint density at radius 1 is 0.169 bits per heavy atom. The van der Waals surface area contributed by atoms with Crippen molar-refractivity contribution in [2.24, 2.45) is 0 Å². The first-order valence-corrected chi connectivity index (χ1v) is 23.2. The molecule has 0 aliphatic carbocycles. The average molecular weight is 841 g/mol. The quantitative estimate of drug-likeness (QED) is 0.146. The molecule has 0 spiro atoms. The summed E-state index contributed by atoms with van der Waals surface area (Å²) in [6.07, 6.45) is 0. The summed E-state index contributed by atoms with van der Waals surface area (Å²) < 4.78 is 2.60. The smallest absolute Gasteiger partial charge is 0.0355 e. The predicted octanol–water partition coefficient (Wildman–Crippen LogP) is 18.7. The topological polar surface area (TPSA) is 0 Å². The molecule has 0 bridgehead atoms. The molecule has 0 saturated carbocycles. The maximum Gasteiger partial charge on any atom is 0.0355 e. The van der Waals surface area contributed by atoms with E-state index >= 15 is 0 Å². The van der Waals surface area contributed by atoms with E-state index in [0.717, 1.165) is 0 Å². The van der Waals surface area contributed by atoms with E-state index in [1.165, 1.54) is 130 Å². The molecule has 1 heterocycles. The summed E-state index contributed by atoms with van der Waals surface area (Å²) >= 11 is 1.88.